The Morgan fingerprint density at radius 2 is 1.78 bits per heavy atom. The van der Waals surface area contributed by atoms with Crippen molar-refractivity contribution in [2.24, 2.45) is 4.99 Å². The zero-order valence-electron chi connectivity index (χ0n) is 17.9. The van der Waals surface area contributed by atoms with Gasteiger partial charge in [-0.2, -0.15) is 0 Å². The molecule has 0 atom stereocenters. The van der Waals surface area contributed by atoms with Crippen LogP contribution in [0.3, 0.4) is 0 Å². The summed E-state index contributed by atoms with van der Waals surface area (Å²) in [5, 5.41) is 2.09. The molecule has 0 N–H and O–H groups in total. The van der Waals surface area contributed by atoms with E-state index in [1.807, 2.05) is 6.07 Å². The van der Waals surface area contributed by atoms with Crippen LogP contribution in [0, 0.1) is 6.92 Å². The lowest BCUT2D eigenvalue weighted by molar-refractivity contribution is 0.606. The SMILES string of the molecule is Cc1ccc(-n2cc(-c3cccs3)nc2CCC2=NCC(=S)N2Cc2ccccc2)cc1. The molecule has 0 radical (unpaired) electrons. The summed E-state index contributed by atoms with van der Waals surface area (Å²) in [5.74, 6) is 2.09. The van der Waals surface area contributed by atoms with Crippen molar-refractivity contribution in [1.82, 2.24) is 14.5 Å². The maximum absolute atomic E-state index is 5.61. The maximum Gasteiger partial charge on any atom is 0.114 e. The van der Waals surface area contributed by atoms with Crippen LogP contribution in [0.5, 0.6) is 0 Å². The van der Waals surface area contributed by atoms with Gasteiger partial charge in [0.15, 0.2) is 0 Å². The Kier molecular flexibility index (Phi) is 5.97. The molecule has 5 rings (SSSR count). The van der Waals surface area contributed by atoms with E-state index in [1.54, 1.807) is 11.3 Å². The monoisotopic (exact) mass is 456 g/mol. The summed E-state index contributed by atoms with van der Waals surface area (Å²) < 4.78 is 2.21. The number of imidazole rings is 1. The van der Waals surface area contributed by atoms with Crippen LogP contribution in [0.15, 0.2) is 83.3 Å². The summed E-state index contributed by atoms with van der Waals surface area (Å²) in [5.41, 5.74) is 4.64. The van der Waals surface area contributed by atoms with E-state index in [0.717, 1.165) is 47.4 Å². The minimum absolute atomic E-state index is 0.602. The van der Waals surface area contributed by atoms with Gasteiger partial charge in [0.1, 0.15) is 16.6 Å². The van der Waals surface area contributed by atoms with Gasteiger partial charge in [-0.3, -0.25) is 4.99 Å². The molecular weight excluding hydrogens is 432 g/mol. The second kappa shape index (κ2) is 9.18. The average molecular weight is 457 g/mol. The minimum Gasteiger partial charge on any atom is -0.319 e. The van der Waals surface area contributed by atoms with E-state index in [-0.39, 0.29) is 0 Å². The molecule has 0 saturated heterocycles. The lowest BCUT2D eigenvalue weighted by atomic mass is 10.2. The molecule has 160 valence electrons. The lowest BCUT2D eigenvalue weighted by Crippen LogP contribution is -2.31. The molecule has 0 spiro atoms. The first-order valence-corrected chi connectivity index (χ1v) is 12.0. The van der Waals surface area contributed by atoms with Crippen LogP contribution in [0.4, 0.5) is 0 Å². The van der Waals surface area contributed by atoms with E-state index in [1.165, 1.54) is 16.0 Å². The topological polar surface area (TPSA) is 33.4 Å². The standard InChI is InChI=1S/C26H24N4S2/c1-19-9-11-21(12-10-19)29-18-22(23-8-5-15-32-23)28-25(29)14-13-24-27-16-26(31)30(24)17-20-6-3-2-4-7-20/h2-12,15,18H,13-14,16-17H2,1H3. The molecule has 0 bridgehead atoms. The highest BCUT2D eigenvalue weighted by molar-refractivity contribution is 7.80. The number of hydrogen-bond acceptors (Lipinski definition) is 4. The quantitative estimate of drug-likeness (QED) is 0.316. The Balaban J connectivity index is 1.39. The van der Waals surface area contributed by atoms with E-state index in [0.29, 0.717) is 6.54 Å². The Morgan fingerprint density at radius 3 is 2.53 bits per heavy atom. The largest absolute Gasteiger partial charge is 0.319 e. The fourth-order valence-corrected chi connectivity index (χ4v) is 4.84. The third kappa shape index (κ3) is 4.42. The van der Waals surface area contributed by atoms with Crippen LogP contribution in [0.25, 0.3) is 16.3 Å². The molecule has 0 amide bonds. The number of thiophene rings is 1. The van der Waals surface area contributed by atoms with Gasteiger partial charge in [0, 0.05) is 31.3 Å². The van der Waals surface area contributed by atoms with E-state index in [9.17, 15) is 0 Å². The minimum atomic E-state index is 0.602. The van der Waals surface area contributed by atoms with E-state index >= 15 is 0 Å². The predicted octanol–water partition coefficient (Wildman–Crippen LogP) is 6.08. The first-order valence-electron chi connectivity index (χ1n) is 10.7. The molecule has 0 unspecified atom stereocenters. The number of amidine groups is 1. The van der Waals surface area contributed by atoms with Crippen LogP contribution in [-0.2, 0) is 13.0 Å². The molecule has 32 heavy (non-hydrogen) atoms. The van der Waals surface area contributed by atoms with Gasteiger partial charge in [0.2, 0.25) is 0 Å². The highest BCUT2D eigenvalue weighted by atomic mass is 32.1. The normalized spacial score (nSPS) is 13.6. The molecule has 4 aromatic rings. The summed E-state index contributed by atoms with van der Waals surface area (Å²) in [6.07, 6.45) is 3.75. The molecule has 2 aromatic heterocycles. The van der Waals surface area contributed by atoms with Gasteiger partial charge in [-0.15, -0.1) is 11.3 Å². The number of aromatic nitrogens is 2. The number of benzene rings is 2. The summed E-state index contributed by atoms with van der Waals surface area (Å²) in [4.78, 5) is 14.0. The first-order chi connectivity index (χ1) is 15.7. The van der Waals surface area contributed by atoms with E-state index in [4.69, 9.17) is 22.2 Å². The van der Waals surface area contributed by atoms with Crippen molar-refractivity contribution >= 4 is 34.4 Å². The second-order valence-corrected chi connectivity index (χ2v) is 9.34. The first kappa shape index (κ1) is 20.8. The summed E-state index contributed by atoms with van der Waals surface area (Å²) in [7, 11) is 0. The highest BCUT2D eigenvalue weighted by Gasteiger charge is 2.23. The number of aryl methyl sites for hydroxylation is 2. The fraction of sp³-hybridized carbons (Fsp3) is 0.192. The van der Waals surface area contributed by atoms with Crippen molar-refractivity contribution in [3.63, 3.8) is 0 Å². The molecule has 0 aliphatic carbocycles. The van der Waals surface area contributed by atoms with Crippen molar-refractivity contribution in [3.8, 4) is 16.3 Å². The van der Waals surface area contributed by atoms with Gasteiger partial charge in [-0.05, 0) is 36.1 Å². The van der Waals surface area contributed by atoms with Gasteiger partial charge in [0.05, 0.1) is 17.1 Å². The lowest BCUT2D eigenvalue weighted by Gasteiger charge is -2.21. The molecule has 6 heteroatoms. The van der Waals surface area contributed by atoms with Crippen LogP contribution >= 0.6 is 23.6 Å². The van der Waals surface area contributed by atoms with E-state index < -0.39 is 0 Å². The Morgan fingerprint density at radius 1 is 0.969 bits per heavy atom. The third-order valence-corrected chi connectivity index (χ3v) is 6.87. The van der Waals surface area contributed by atoms with Crippen LogP contribution in [0.2, 0.25) is 0 Å². The van der Waals surface area contributed by atoms with Crippen molar-refractivity contribution in [2.45, 2.75) is 26.3 Å². The van der Waals surface area contributed by atoms with Crippen molar-refractivity contribution in [2.75, 3.05) is 6.54 Å². The molecule has 2 aromatic carbocycles. The maximum atomic E-state index is 5.61. The number of aliphatic imine (C=N–C) groups is 1. The van der Waals surface area contributed by atoms with Crippen molar-refractivity contribution in [1.29, 1.82) is 0 Å². The zero-order valence-corrected chi connectivity index (χ0v) is 19.6. The second-order valence-electron chi connectivity index (χ2n) is 7.92. The van der Waals surface area contributed by atoms with Crippen molar-refractivity contribution < 1.29 is 0 Å². The summed E-state index contributed by atoms with van der Waals surface area (Å²) in [6.45, 7) is 3.48. The Bertz CT molecular complexity index is 1240. The van der Waals surface area contributed by atoms with Gasteiger partial charge >= 0.3 is 0 Å². The van der Waals surface area contributed by atoms with Gasteiger partial charge < -0.3 is 9.47 Å². The number of thiocarbonyl (C=S) groups is 1. The zero-order chi connectivity index (χ0) is 21.9. The number of rotatable bonds is 7. The molecule has 3 heterocycles. The molecule has 1 aliphatic rings. The van der Waals surface area contributed by atoms with E-state index in [2.05, 4.69) is 88.6 Å². The highest BCUT2D eigenvalue weighted by Crippen LogP contribution is 2.27. The van der Waals surface area contributed by atoms with Gasteiger partial charge in [-0.1, -0.05) is 66.3 Å². The van der Waals surface area contributed by atoms with Gasteiger partial charge in [0.25, 0.3) is 0 Å². The van der Waals surface area contributed by atoms with Crippen LogP contribution < -0.4 is 0 Å². The summed E-state index contributed by atoms with van der Waals surface area (Å²) in [6, 6.07) is 23.2. The molecule has 1 aliphatic heterocycles. The molecule has 0 fully saturated rings. The smallest absolute Gasteiger partial charge is 0.114 e. The van der Waals surface area contributed by atoms with Gasteiger partial charge in [-0.25, -0.2) is 4.98 Å². The number of nitrogens with zero attached hydrogens (tertiary/aromatic N) is 4. The Hall–Kier alpha value is -3.09. The van der Waals surface area contributed by atoms with Crippen LogP contribution in [0.1, 0.15) is 23.4 Å². The Labute approximate surface area is 197 Å². The van der Waals surface area contributed by atoms with Crippen molar-refractivity contribution in [3.05, 3.63) is 95.3 Å². The fourth-order valence-electron chi connectivity index (χ4n) is 3.92. The molecule has 4 nitrogen and oxygen atoms in total. The number of hydrogen-bond donors (Lipinski definition) is 0. The average Bonchev–Trinajstić information content (AvgIpc) is 3.55. The third-order valence-electron chi connectivity index (χ3n) is 5.63. The summed E-state index contributed by atoms with van der Waals surface area (Å²) >= 11 is 7.33. The predicted molar refractivity (Wildman–Crippen MR) is 137 cm³/mol. The van der Waals surface area contributed by atoms with Crippen LogP contribution in [-0.4, -0.2) is 31.8 Å². The molecular formula is C26H24N4S2. The molecule has 0 saturated carbocycles.